The average Bonchev–Trinajstić information content (AvgIpc) is 2.93. The van der Waals surface area contributed by atoms with E-state index >= 15 is 0 Å². The molecule has 3 rings (SSSR count). The van der Waals surface area contributed by atoms with E-state index < -0.39 is 11.9 Å². The molecule has 2 N–H and O–H groups in total. The van der Waals surface area contributed by atoms with Crippen molar-refractivity contribution in [1.29, 1.82) is 0 Å². The lowest BCUT2D eigenvalue weighted by Crippen LogP contribution is -2.35. The first-order chi connectivity index (χ1) is 18.4. The second-order valence-electron chi connectivity index (χ2n) is 9.39. The number of aliphatic carboxylic acids is 1. The summed E-state index contributed by atoms with van der Waals surface area (Å²) in [5.74, 6) is -2.55. The molecule has 0 bridgehead atoms. The number of unbranched alkanes of at least 4 members (excludes halogenated alkanes) is 5. The van der Waals surface area contributed by atoms with Gasteiger partial charge in [0, 0.05) is 30.2 Å². The van der Waals surface area contributed by atoms with Gasteiger partial charge in [0.1, 0.15) is 0 Å². The second-order valence-corrected chi connectivity index (χ2v) is 9.83. The van der Waals surface area contributed by atoms with Gasteiger partial charge in [0.05, 0.1) is 0 Å². The van der Waals surface area contributed by atoms with Crippen LogP contribution >= 0.6 is 11.6 Å². The van der Waals surface area contributed by atoms with Crippen molar-refractivity contribution in [2.75, 3.05) is 6.54 Å². The summed E-state index contributed by atoms with van der Waals surface area (Å²) in [4.78, 5) is 37.6. The van der Waals surface area contributed by atoms with Crippen LogP contribution in [-0.4, -0.2) is 34.3 Å². The van der Waals surface area contributed by atoms with E-state index in [-0.39, 0.29) is 19.0 Å². The molecule has 7 heteroatoms. The lowest BCUT2D eigenvalue weighted by molar-refractivity contribution is -0.156. The highest BCUT2D eigenvalue weighted by atomic mass is 35.5. The molecule has 38 heavy (non-hydrogen) atoms. The van der Waals surface area contributed by atoms with Crippen LogP contribution in [0.3, 0.4) is 0 Å². The molecule has 0 aromatic heterocycles. The second kappa shape index (κ2) is 14.9. The van der Waals surface area contributed by atoms with E-state index in [1.165, 1.54) is 30.6 Å². The lowest BCUT2D eigenvalue weighted by atomic mass is 10.0. The first kappa shape index (κ1) is 28.9. The molecule has 3 aromatic carbocycles. The number of carbonyl (C=O) groups is 3. The van der Waals surface area contributed by atoms with Crippen LogP contribution in [0.2, 0.25) is 5.02 Å². The summed E-state index contributed by atoms with van der Waals surface area (Å²) in [6.07, 6.45) is 7.06. The molecule has 0 radical (unpaired) electrons. The number of hydrogen-bond acceptors (Lipinski definition) is 3. The number of benzene rings is 3. The van der Waals surface area contributed by atoms with Crippen LogP contribution in [0.15, 0.2) is 72.8 Å². The normalized spacial score (nSPS) is 10.7. The summed E-state index contributed by atoms with van der Waals surface area (Å²) < 4.78 is 0. The maximum absolute atomic E-state index is 12.6. The third-order valence-electron chi connectivity index (χ3n) is 6.36. The third-order valence-corrected chi connectivity index (χ3v) is 6.61. The third kappa shape index (κ3) is 9.03. The molecule has 0 saturated carbocycles. The van der Waals surface area contributed by atoms with Crippen LogP contribution in [0.5, 0.6) is 0 Å². The van der Waals surface area contributed by atoms with Crippen molar-refractivity contribution in [2.24, 2.45) is 0 Å². The fourth-order valence-corrected chi connectivity index (χ4v) is 4.34. The Hall–Kier alpha value is -3.64. The van der Waals surface area contributed by atoms with Gasteiger partial charge in [0.15, 0.2) is 0 Å². The van der Waals surface area contributed by atoms with Crippen LogP contribution in [0.25, 0.3) is 11.1 Å². The van der Waals surface area contributed by atoms with Crippen molar-refractivity contribution < 1.29 is 19.5 Å². The summed E-state index contributed by atoms with van der Waals surface area (Å²) in [7, 11) is 0. The van der Waals surface area contributed by atoms with Crippen molar-refractivity contribution in [3.63, 3.8) is 0 Å². The van der Waals surface area contributed by atoms with Crippen LogP contribution in [-0.2, 0) is 22.7 Å². The highest BCUT2D eigenvalue weighted by molar-refractivity contribution is 6.31. The molecule has 0 unspecified atom stereocenters. The molecular formula is C31H35ClN2O4. The fraction of sp³-hybridized carbons (Fsp3) is 0.323. The molecule has 0 spiro atoms. The maximum Gasteiger partial charge on any atom is 0.394 e. The minimum Gasteiger partial charge on any atom is -0.474 e. The molecule has 2 amide bonds. The van der Waals surface area contributed by atoms with Crippen LogP contribution in [0.4, 0.5) is 0 Å². The minimum atomic E-state index is -1.50. The average molecular weight is 535 g/mol. The molecular weight excluding hydrogens is 500 g/mol. The Balaban J connectivity index is 1.62. The van der Waals surface area contributed by atoms with Crippen molar-refractivity contribution in [1.82, 2.24) is 10.2 Å². The van der Waals surface area contributed by atoms with Gasteiger partial charge in [-0.05, 0) is 52.9 Å². The zero-order valence-corrected chi connectivity index (χ0v) is 22.5. The molecule has 0 aliphatic carbocycles. The number of carbonyl (C=O) groups excluding carboxylic acids is 2. The van der Waals surface area contributed by atoms with Crippen molar-refractivity contribution in [2.45, 2.75) is 58.5 Å². The highest BCUT2D eigenvalue weighted by Gasteiger charge is 2.21. The Kier molecular flexibility index (Phi) is 11.4. The van der Waals surface area contributed by atoms with Gasteiger partial charge in [0.25, 0.3) is 5.91 Å². The van der Waals surface area contributed by atoms with Gasteiger partial charge >= 0.3 is 11.9 Å². The Labute approximate surface area is 229 Å². The number of carboxylic acids is 1. The number of nitrogens with one attached hydrogen (secondary N) is 1. The topological polar surface area (TPSA) is 86.7 Å². The summed E-state index contributed by atoms with van der Waals surface area (Å²) in [5.41, 5.74) is 4.02. The number of rotatable bonds is 13. The van der Waals surface area contributed by atoms with Gasteiger partial charge < -0.3 is 15.3 Å². The molecule has 0 heterocycles. The van der Waals surface area contributed by atoms with Crippen LogP contribution in [0, 0.1) is 0 Å². The highest BCUT2D eigenvalue weighted by Crippen LogP contribution is 2.22. The lowest BCUT2D eigenvalue weighted by Gasteiger charge is -2.21. The molecule has 0 saturated heterocycles. The molecule has 6 nitrogen and oxygen atoms in total. The predicted octanol–water partition coefficient (Wildman–Crippen LogP) is 6.71. The summed E-state index contributed by atoms with van der Waals surface area (Å²) >= 11 is 5.93. The Morgan fingerprint density at radius 1 is 0.789 bits per heavy atom. The van der Waals surface area contributed by atoms with Gasteiger partial charge in [-0.25, -0.2) is 4.79 Å². The van der Waals surface area contributed by atoms with E-state index in [0.29, 0.717) is 17.1 Å². The SMILES string of the molecule is CCCCCCCCNC(=O)c1cccc(-c2ccc(CN(Cc3ccc(Cl)cc3)C(=O)C(=O)O)cc2)c1. The number of carboxylic acid groups (broad SMARTS) is 1. The van der Waals surface area contributed by atoms with Crippen LogP contribution in [0.1, 0.15) is 66.9 Å². The summed E-state index contributed by atoms with van der Waals surface area (Å²) in [6.45, 7) is 3.17. The minimum absolute atomic E-state index is 0.0814. The van der Waals surface area contributed by atoms with Gasteiger partial charge in [0.2, 0.25) is 0 Å². The first-order valence-electron chi connectivity index (χ1n) is 13.1. The van der Waals surface area contributed by atoms with Crippen molar-refractivity contribution >= 4 is 29.4 Å². The number of amides is 2. The fourth-order valence-electron chi connectivity index (χ4n) is 4.22. The van der Waals surface area contributed by atoms with Crippen molar-refractivity contribution in [3.05, 3.63) is 94.5 Å². The van der Waals surface area contributed by atoms with Gasteiger partial charge in [-0.15, -0.1) is 0 Å². The summed E-state index contributed by atoms with van der Waals surface area (Å²) in [5, 5.41) is 12.9. The van der Waals surface area contributed by atoms with E-state index in [1.54, 1.807) is 30.3 Å². The number of halogens is 1. The van der Waals surface area contributed by atoms with Crippen molar-refractivity contribution in [3.8, 4) is 11.1 Å². The molecule has 0 aliphatic heterocycles. The Morgan fingerprint density at radius 3 is 2.03 bits per heavy atom. The quantitative estimate of drug-likeness (QED) is 0.188. The van der Waals surface area contributed by atoms with E-state index in [1.807, 2.05) is 42.5 Å². The van der Waals surface area contributed by atoms with Crippen LogP contribution < -0.4 is 5.32 Å². The zero-order chi connectivity index (χ0) is 27.3. The van der Waals surface area contributed by atoms with Gasteiger partial charge in [-0.2, -0.15) is 0 Å². The molecule has 200 valence electrons. The standard InChI is InChI=1S/C31H35ClN2O4/c1-2-3-4-5-6-7-19-33-29(35)27-10-8-9-26(20-27)25-15-11-23(12-16-25)21-34(30(36)31(37)38)22-24-13-17-28(32)18-14-24/h8-18,20H,2-7,19,21-22H2,1H3,(H,33,35)(H,37,38). The molecule has 3 aromatic rings. The largest absolute Gasteiger partial charge is 0.474 e. The zero-order valence-electron chi connectivity index (χ0n) is 21.8. The predicted molar refractivity (Wildman–Crippen MR) is 151 cm³/mol. The van der Waals surface area contributed by atoms with Gasteiger partial charge in [-0.1, -0.05) is 99.2 Å². The number of nitrogens with zero attached hydrogens (tertiary/aromatic N) is 1. The Morgan fingerprint density at radius 2 is 1.39 bits per heavy atom. The Bertz CT molecular complexity index is 1210. The van der Waals surface area contributed by atoms with E-state index in [9.17, 15) is 19.5 Å². The molecule has 0 aliphatic rings. The molecule has 0 fully saturated rings. The van der Waals surface area contributed by atoms with E-state index in [4.69, 9.17) is 11.6 Å². The smallest absolute Gasteiger partial charge is 0.394 e. The van der Waals surface area contributed by atoms with E-state index in [2.05, 4.69) is 12.2 Å². The van der Waals surface area contributed by atoms with E-state index in [0.717, 1.165) is 35.1 Å². The first-order valence-corrected chi connectivity index (χ1v) is 13.5. The van der Waals surface area contributed by atoms with Gasteiger partial charge in [-0.3, -0.25) is 9.59 Å². The summed E-state index contributed by atoms with van der Waals surface area (Å²) in [6, 6.07) is 22.0. The number of hydrogen-bond donors (Lipinski definition) is 2. The maximum atomic E-state index is 12.6. The monoisotopic (exact) mass is 534 g/mol. The molecule has 0 atom stereocenters.